The number of carbonyl (C=O) groups excluding carboxylic acids is 3. The zero-order valence-corrected chi connectivity index (χ0v) is 18.6. The van der Waals surface area contributed by atoms with E-state index < -0.39 is 17.9 Å². The van der Waals surface area contributed by atoms with Crippen molar-refractivity contribution in [1.29, 1.82) is 0 Å². The molecule has 1 fully saturated rings. The minimum Gasteiger partial charge on any atom is -0.358 e. The van der Waals surface area contributed by atoms with Crippen LogP contribution in [0.25, 0.3) is 10.9 Å². The van der Waals surface area contributed by atoms with Crippen LogP contribution in [-0.2, 0) is 20.8 Å². The maximum atomic E-state index is 13.4. The molecule has 1 aromatic heterocycles. The Balaban J connectivity index is 1.86. The number of H-pyrrole nitrogens is 1. The molecule has 4 rings (SSSR count). The topological polar surface area (TPSA) is 91.1 Å². The number of ketones is 1. The van der Waals surface area contributed by atoms with Crippen molar-refractivity contribution in [3.05, 3.63) is 71.4 Å². The molecule has 2 heterocycles. The Morgan fingerprint density at radius 2 is 1.72 bits per heavy atom. The van der Waals surface area contributed by atoms with Crippen LogP contribution in [-0.4, -0.2) is 35.2 Å². The molecule has 3 atom stereocenters. The molecule has 3 aromatic rings. The zero-order chi connectivity index (χ0) is 22.8. The van der Waals surface area contributed by atoms with E-state index in [-0.39, 0.29) is 23.5 Å². The van der Waals surface area contributed by atoms with Crippen LogP contribution in [0.4, 0.5) is 0 Å². The minimum absolute atomic E-state index is 0.0230. The van der Waals surface area contributed by atoms with Gasteiger partial charge in [-0.15, -0.1) is 0 Å². The van der Waals surface area contributed by atoms with Gasteiger partial charge in [0.05, 0.1) is 6.04 Å². The normalized spacial score (nSPS) is 19.4. The molecule has 0 radical (unpaired) electrons. The van der Waals surface area contributed by atoms with Gasteiger partial charge in [0.1, 0.15) is 5.92 Å². The molecule has 3 N–H and O–H groups in total. The van der Waals surface area contributed by atoms with Crippen LogP contribution in [0.5, 0.6) is 0 Å². The first-order chi connectivity index (χ1) is 15.4. The van der Waals surface area contributed by atoms with Gasteiger partial charge in [-0.1, -0.05) is 62.4 Å². The third kappa shape index (κ3) is 4.05. The number of Topliss-reactive ketones (excluding diaryl/α,β-unsaturated/α-hetero) is 1. The van der Waals surface area contributed by atoms with Crippen LogP contribution >= 0.6 is 0 Å². The third-order valence-corrected chi connectivity index (χ3v) is 6.26. The van der Waals surface area contributed by atoms with E-state index in [0.29, 0.717) is 13.0 Å². The average Bonchev–Trinajstić information content (AvgIpc) is 3.27. The number of fused-ring (bicyclic) bond motifs is 1. The van der Waals surface area contributed by atoms with Gasteiger partial charge < -0.3 is 15.6 Å². The van der Waals surface area contributed by atoms with Gasteiger partial charge in [-0.3, -0.25) is 14.4 Å². The molecule has 2 amide bonds. The quantitative estimate of drug-likeness (QED) is 0.501. The Bertz CT molecular complexity index is 1150. The summed E-state index contributed by atoms with van der Waals surface area (Å²) < 4.78 is 0. The van der Waals surface area contributed by atoms with E-state index in [2.05, 4.69) is 15.6 Å². The highest BCUT2D eigenvalue weighted by Gasteiger charge is 2.48. The number of nitrogens with one attached hydrogen (secondary N) is 3. The highest BCUT2D eigenvalue weighted by molar-refractivity contribution is 6.11. The van der Waals surface area contributed by atoms with E-state index in [0.717, 1.165) is 27.7 Å². The van der Waals surface area contributed by atoms with E-state index in [4.69, 9.17) is 0 Å². The molecule has 0 saturated carbocycles. The second kappa shape index (κ2) is 8.99. The summed E-state index contributed by atoms with van der Waals surface area (Å²) in [7, 11) is 0. The number of amides is 2. The number of benzene rings is 2. The highest BCUT2D eigenvalue weighted by Crippen LogP contribution is 2.40. The van der Waals surface area contributed by atoms with Gasteiger partial charge in [0, 0.05) is 36.0 Å². The molecule has 2 aromatic carbocycles. The Kier molecular flexibility index (Phi) is 6.12. The summed E-state index contributed by atoms with van der Waals surface area (Å²) in [5.41, 5.74) is 3.75. The first-order valence-electron chi connectivity index (χ1n) is 11.1. The Hall–Kier alpha value is -3.41. The lowest BCUT2D eigenvalue weighted by Crippen LogP contribution is -2.34. The predicted octanol–water partition coefficient (Wildman–Crippen LogP) is 3.32. The summed E-state index contributed by atoms with van der Waals surface area (Å²) in [6.45, 7) is 5.87. The van der Waals surface area contributed by atoms with Crippen LogP contribution in [0.15, 0.2) is 54.6 Å². The van der Waals surface area contributed by atoms with E-state index in [9.17, 15) is 14.4 Å². The predicted molar refractivity (Wildman–Crippen MR) is 124 cm³/mol. The molecule has 0 spiro atoms. The van der Waals surface area contributed by atoms with E-state index in [1.807, 2.05) is 68.4 Å². The van der Waals surface area contributed by atoms with Crippen LogP contribution in [0, 0.1) is 11.8 Å². The molecule has 0 aliphatic carbocycles. The summed E-state index contributed by atoms with van der Waals surface area (Å²) in [6.07, 6.45) is 0.596. The van der Waals surface area contributed by atoms with Crippen molar-refractivity contribution >= 4 is 28.5 Å². The molecule has 32 heavy (non-hydrogen) atoms. The standard InChI is InChI=1S/C26H29N3O3/c1-15(2)23-25(31)22(26(32)29-23)21(17-9-5-4-6-10-17)24-19(13-14-27-16(3)30)18-11-7-8-12-20(18)28-24/h4-12,15,21-23,28H,13-14H2,1-3H3,(H,27,30)(H,29,32). The van der Waals surface area contributed by atoms with Crippen LogP contribution in [0.2, 0.25) is 0 Å². The summed E-state index contributed by atoms with van der Waals surface area (Å²) in [5, 5.41) is 6.83. The lowest BCUT2D eigenvalue weighted by molar-refractivity contribution is -0.128. The van der Waals surface area contributed by atoms with Crippen molar-refractivity contribution in [2.24, 2.45) is 11.8 Å². The van der Waals surface area contributed by atoms with Crippen LogP contribution in [0.3, 0.4) is 0 Å². The number of para-hydroxylation sites is 1. The summed E-state index contributed by atoms with van der Waals surface area (Å²) >= 11 is 0. The van der Waals surface area contributed by atoms with Crippen molar-refractivity contribution in [3.8, 4) is 0 Å². The number of aromatic amines is 1. The Morgan fingerprint density at radius 1 is 1.03 bits per heavy atom. The van der Waals surface area contributed by atoms with Gasteiger partial charge in [-0.05, 0) is 29.5 Å². The number of aromatic nitrogens is 1. The SMILES string of the molecule is CC(=O)NCCc1c(C(c2ccccc2)C2C(=O)NC(C(C)C)C2=O)[nH]c2ccccc12. The molecule has 6 heteroatoms. The summed E-state index contributed by atoms with van der Waals surface area (Å²) in [4.78, 5) is 41.5. The fourth-order valence-electron chi connectivity index (χ4n) is 4.75. The highest BCUT2D eigenvalue weighted by atomic mass is 16.2. The van der Waals surface area contributed by atoms with Gasteiger partial charge in [0.2, 0.25) is 11.8 Å². The molecule has 1 aliphatic rings. The van der Waals surface area contributed by atoms with Crippen molar-refractivity contribution in [3.63, 3.8) is 0 Å². The van der Waals surface area contributed by atoms with E-state index in [1.54, 1.807) is 0 Å². The number of rotatable bonds is 7. The molecule has 6 nitrogen and oxygen atoms in total. The van der Waals surface area contributed by atoms with Gasteiger partial charge in [0.15, 0.2) is 5.78 Å². The van der Waals surface area contributed by atoms with Crippen molar-refractivity contribution in [1.82, 2.24) is 15.6 Å². The second-order valence-corrected chi connectivity index (χ2v) is 8.79. The smallest absolute Gasteiger partial charge is 0.232 e. The maximum absolute atomic E-state index is 13.4. The van der Waals surface area contributed by atoms with Gasteiger partial charge >= 0.3 is 0 Å². The molecule has 1 saturated heterocycles. The molecule has 0 bridgehead atoms. The maximum Gasteiger partial charge on any atom is 0.232 e. The number of hydrogen-bond acceptors (Lipinski definition) is 3. The lowest BCUT2D eigenvalue weighted by atomic mass is 9.78. The second-order valence-electron chi connectivity index (χ2n) is 8.79. The molecule has 166 valence electrons. The lowest BCUT2D eigenvalue weighted by Gasteiger charge is -2.23. The largest absolute Gasteiger partial charge is 0.358 e. The van der Waals surface area contributed by atoms with Crippen molar-refractivity contribution < 1.29 is 14.4 Å². The first-order valence-corrected chi connectivity index (χ1v) is 11.1. The zero-order valence-electron chi connectivity index (χ0n) is 18.6. The van der Waals surface area contributed by atoms with Gasteiger partial charge in [0.25, 0.3) is 0 Å². The van der Waals surface area contributed by atoms with Crippen molar-refractivity contribution in [2.75, 3.05) is 6.54 Å². The van der Waals surface area contributed by atoms with Crippen LogP contribution in [0.1, 0.15) is 43.5 Å². The van der Waals surface area contributed by atoms with Crippen LogP contribution < -0.4 is 10.6 Å². The fraction of sp³-hybridized carbons (Fsp3) is 0.346. The first kappa shape index (κ1) is 21.8. The number of carbonyl (C=O) groups is 3. The monoisotopic (exact) mass is 431 g/mol. The van der Waals surface area contributed by atoms with Gasteiger partial charge in [-0.25, -0.2) is 0 Å². The Labute approximate surface area is 187 Å². The Morgan fingerprint density at radius 3 is 2.38 bits per heavy atom. The van der Waals surface area contributed by atoms with Crippen molar-refractivity contribution in [2.45, 2.75) is 39.2 Å². The van der Waals surface area contributed by atoms with E-state index in [1.165, 1.54) is 6.92 Å². The van der Waals surface area contributed by atoms with Gasteiger partial charge in [-0.2, -0.15) is 0 Å². The third-order valence-electron chi connectivity index (χ3n) is 6.26. The summed E-state index contributed by atoms with van der Waals surface area (Å²) in [6, 6.07) is 17.2. The molecular formula is C26H29N3O3. The minimum atomic E-state index is -0.808. The molecule has 3 unspecified atom stereocenters. The molecule has 1 aliphatic heterocycles. The summed E-state index contributed by atoms with van der Waals surface area (Å²) in [5.74, 6) is -1.60. The van der Waals surface area contributed by atoms with E-state index >= 15 is 0 Å². The average molecular weight is 432 g/mol. The fourth-order valence-corrected chi connectivity index (χ4v) is 4.75. The molecular weight excluding hydrogens is 402 g/mol. The number of hydrogen-bond donors (Lipinski definition) is 3.